The number of hydrogen-bond acceptors (Lipinski definition) is 3. The van der Waals surface area contributed by atoms with Crippen molar-refractivity contribution < 1.29 is 4.79 Å². The van der Waals surface area contributed by atoms with E-state index in [0.717, 1.165) is 36.2 Å². The van der Waals surface area contributed by atoms with Crippen molar-refractivity contribution in [1.82, 2.24) is 0 Å². The highest BCUT2D eigenvalue weighted by Crippen LogP contribution is 2.37. The third kappa shape index (κ3) is 4.69. The second-order valence-corrected chi connectivity index (χ2v) is 9.98. The van der Waals surface area contributed by atoms with E-state index in [-0.39, 0.29) is 11.8 Å². The highest BCUT2D eigenvalue weighted by Gasteiger charge is 2.31. The average molecular weight is 433 g/mol. The summed E-state index contributed by atoms with van der Waals surface area (Å²) in [4.78, 5) is 19.4. The van der Waals surface area contributed by atoms with E-state index in [4.69, 9.17) is 0 Å². The van der Waals surface area contributed by atoms with Gasteiger partial charge < -0.3 is 9.80 Å². The number of anilines is 2. The molecule has 0 bridgehead atoms. The van der Waals surface area contributed by atoms with Crippen LogP contribution < -0.4 is 9.80 Å². The quantitative estimate of drug-likeness (QED) is 0.439. The van der Waals surface area contributed by atoms with Crippen molar-refractivity contribution in [3.8, 4) is 0 Å². The Morgan fingerprint density at radius 3 is 2.32 bits per heavy atom. The Balaban J connectivity index is 1.66. The molecule has 0 saturated carbocycles. The number of carbonyl (C=O) groups is 1. The highest BCUT2D eigenvalue weighted by molar-refractivity contribution is 7.10. The van der Waals surface area contributed by atoms with E-state index in [2.05, 4.69) is 78.7 Å². The molecule has 0 fully saturated rings. The third-order valence-electron chi connectivity index (χ3n) is 6.28. The van der Waals surface area contributed by atoms with E-state index in [1.54, 1.807) is 11.3 Å². The van der Waals surface area contributed by atoms with Gasteiger partial charge in [-0.05, 0) is 77.6 Å². The van der Waals surface area contributed by atoms with Crippen LogP contribution >= 0.6 is 11.3 Å². The minimum absolute atomic E-state index is 0.0409. The van der Waals surface area contributed by atoms with Crippen molar-refractivity contribution >= 4 is 28.6 Å². The second-order valence-electron chi connectivity index (χ2n) is 8.98. The van der Waals surface area contributed by atoms with Crippen LogP contribution in [0.3, 0.4) is 0 Å². The molecule has 0 saturated heterocycles. The van der Waals surface area contributed by atoms with Gasteiger partial charge in [-0.1, -0.05) is 38.1 Å². The standard InChI is InChI=1S/C27H32N2OS/c1-19(2)21-10-14-23(15-11-21)29(18-20-8-12-22(13-9-20)28(3)4)27(30)25-6-5-7-26-24(25)16-17-31-26/h8-17,19,25H,5-7,18H2,1-4H3. The van der Waals surface area contributed by atoms with Crippen LogP contribution in [0.1, 0.15) is 60.1 Å². The summed E-state index contributed by atoms with van der Waals surface area (Å²) in [7, 11) is 4.09. The molecule has 3 nitrogen and oxygen atoms in total. The van der Waals surface area contributed by atoms with Gasteiger partial charge in [0.05, 0.1) is 12.5 Å². The Bertz CT molecular complexity index is 1020. The van der Waals surface area contributed by atoms with E-state index in [1.807, 2.05) is 19.0 Å². The SMILES string of the molecule is CC(C)c1ccc(N(Cc2ccc(N(C)C)cc2)C(=O)C2CCCc3sccc32)cc1. The summed E-state index contributed by atoms with van der Waals surface area (Å²) in [5.41, 5.74) is 5.83. The summed E-state index contributed by atoms with van der Waals surface area (Å²) in [6.07, 6.45) is 3.12. The van der Waals surface area contributed by atoms with Gasteiger partial charge in [-0.15, -0.1) is 11.3 Å². The lowest BCUT2D eigenvalue weighted by Gasteiger charge is -2.30. The molecule has 3 aromatic rings. The fourth-order valence-electron chi connectivity index (χ4n) is 4.35. The number of carbonyl (C=O) groups excluding carboxylic acids is 1. The number of aryl methyl sites for hydroxylation is 1. The highest BCUT2D eigenvalue weighted by atomic mass is 32.1. The van der Waals surface area contributed by atoms with Gasteiger partial charge in [-0.2, -0.15) is 0 Å². The normalized spacial score (nSPS) is 15.6. The minimum atomic E-state index is -0.0409. The number of hydrogen-bond donors (Lipinski definition) is 0. The zero-order valence-corrected chi connectivity index (χ0v) is 19.8. The van der Waals surface area contributed by atoms with Crippen molar-refractivity contribution in [2.45, 2.75) is 51.5 Å². The molecule has 0 N–H and O–H groups in total. The second kappa shape index (κ2) is 9.27. The lowest BCUT2D eigenvalue weighted by Crippen LogP contribution is -2.36. The van der Waals surface area contributed by atoms with Gasteiger partial charge in [0.15, 0.2) is 0 Å². The lowest BCUT2D eigenvalue weighted by atomic mass is 9.86. The molecule has 4 rings (SSSR count). The van der Waals surface area contributed by atoms with Crippen LogP contribution in [0, 0.1) is 0 Å². The molecule has 0 spiro atoms. The Labute approximate surface area is 190 Å². The molecule has 1 aromatic heterocycles. The molecular formula is C27H32N2OS. The number of amides is 1. The number of fused-ring (bicyclic) bond motifs is 1. The van der Waals surface area contributed by atoms with Crippen molar-refractivity contribution in [3.05, 3.63) is 81.5 Å². The molecule has 1 heterocycles. The zero-order chi connectivity index (χ0) is 22.0. The number of benzene rings is 2. The van der Waals surface area contributed by atoms with Crippen LogP contribution in [0.5, 0.6) is 0 Å². The van der Waals surface area contributed by atoms with Crippen molar-refractivity contribution in [3.63, 3.8) is 0 Å². The maximum absolute atomic E-state index is 13.9. The van der Waals surface area contributed by atoms with E-state index in [9.17, 15) is 4.79 Å². The van der Waals surface area contributed by atoms with Gasteiger partial charge in [0.1, 0.15) is 0 Å². The van der Waals surface area contributed by atoms with Crippen molar-refractivity contribution in [1.29, 1.82) is 0 Å². The molecule has 0 aliphatic heterocycles. The van der Waals surface area contributed by atoms with E-state index < -0.39 is 0 Å². The summed E-state index contributed by atoms with van der Waals surface area (Å²) in [5.74, 6) is 0.651. The molecule has 31 heavy (non-hydrogen) atoms. The van der Waals surface area contributed by atoms with Gasteiger partial charge in [0, 0.05) is 30.3 Å². The lowest BCUT2D eigenvalue weighted by molar-refractivity contribution is -0.120. The van der Waals surface area contributed by atoms with Crippen LogP contribution in [0.25, 0.3) is 0 Å². The fraction of sp³-hybridized carbons (Fsp3) is 0.370. The summed E-state index contributed by atoms with van der Waals surface area (Å²) in [6.45, 7) is 4.98. The first-order chi connectivity index (χ1) is 14.9. The largest absolute Gasteiger partial charge is 0.378 e. The molecule has 1 aliphatic rings. The zero-order valence-electron chi connectivity index (χ0n) is 19.0. The molecule has 1 aliphatic carbocycles. The fourth-order valence-corrected chi connectivity index (χ4v) is 5.34. The summed E-state index contributed by atoms with van der Waals surface area (Å²) < 4.78 is 0. The van der Waals surface area contributed by atoms with Crippen LogP contribution in [-0.2, 0) is 17.8 Å². The number of rotatable bonds is 6. The van der Waals surface area contributed by atoms with Crippen LogP contribution in [0.2, 0.25) is 0 Å². The topological polar surface area (TPSA) is 23.6 Å². The van der Waals surface area contributed by atoms with Crippen molar-refractivity contribution in [2.24, 2.45) is 0 Å². The van der Waals surface area contributed by atoms with E-state index >= 15 is 0 Å². The first kappa shape index (κ1) is 21.6. The maximum Gasteiger partial charge on any atom is 0.234 e. The van der Waals surface area contributed by atoms with E-state index in [0.29, 0.717) is 12.5 Å². The monoisotopic (exact) mass is 432 g/mol. The first-order valence-electron chi connectivity index (χ1n) is 11.2. The predicted molar refractivity (Wildman–Crippen MR) is 132 cm³/mol. The smallest absolute Gasteiger partial charge is 0.234 e. The van der Waals surface area contributed by atoms with E-state index in [1.165, 1.54) is 16.0 Å². The van der Waals surface area contributed by atoms with Crippen LogP contribution in [0.4, 0.5) is 11.4 Å². The van der Waals surface area contributed by atoms with Gasteiger partial charge in [-0.25, -0.2) is 0 Å². The van der Waals surface area contributed by atoms with Crippen LogP contribution in [-0.4, -0.2) is 20.0 Å². The summed E-state index contributed by atoms with van der Waals surface area (Å²) >= 11 is 1.79. The molecule has 1 unspecified atom stereocenters. The molecule has 162 valence electrons. The molecular weight excluding hydrogens is 400 g/mol. The van der Waals surface area contributed by atoms with Gasteiger partial charge in [0.2, 0.25) is 5.91 Å². The predicted octanol–water partition coefficient (Wildman–Crippen LogP) is 6.59. The minimum Gasteiger partial charge on any atom is -0.378 e. The van der Waals surface area contributed by atoms with Gasteiger partial charge in [0.25, 0.3) is 0 Å². The Kier molecular flexibility index (Phi) is 6.47. The molecule has 1 atom stereocenters. The first-order valence-corrected chi connectivity index (χ1v) is 12.1. The third-order valence-corrected chi connectivity index (χ3v) is 7.28. The Morgan fingerprint density at radius 2 is 1.68 bits per heavy atom. The summed E-state index contributed by atoms with van der Waals surface area (Å²) in [5, 5.41) is 2.14. The molecule has 1 amide bonds. The van der Waals surface area contributed by atoms with Gasteiger partial charge in [-0.3, -0.25) is 4.79 Å². The van der Waals surface area contributed by atoms with Crippen molar-refractivity contribution in [2.75, 3.05) is 23.9 Å². The number of nitrogens with zero attached hydrogens (tertiary/aromatic N) is 2. The maximum atomic E-state index is 13.9. The molecule has 2 aromatic carbocycles. The molecule has 4 heteroatoms. The Hall–Kier alpha value is -2.59. The number of thiophene rings is 1. The molecule has 0 radical (unpaired) electrons. The average Bonchev–Trinajstić information content (AvgIpc) is 3.26. The van der Waals surface area contributed by atoms with Gasteiger partial charge >= 0.3 is 0 Å². The van der Waals surface area contributed by atoms with Crippen LogP contribution in [0.15, 0.2) is 60.0 Å². The Morgan fingerprint density at radius 1 is 1.00 bits per heavy atom. The summed E-state index contributed by atoms with van der Waals surface area (Å²) in [6, 6.07) is 19.2.